The molecule has 2 saturated heterocycles. The second kappa shape index (κ2) is 5.51. The van der Waals surface area contributed by atoms with Gasteiger partial charge in [-0.3, -0.25) is 4.79 Å². The fourth-order valence-electron chi connectivity index (χ4n) is 2.32. The Kier molecular flexibility index (Phi) is 4.77. The number of hydrogen-bond acceptors (Lipinski definition) is 4. The summed E-state index contributed by atoms with van der Waals surface area (Å²) >= 11 is 0. The van der Waals surface area contributed by atoms with Crippen LogP contribution in [-0.2, 0) is 14.8 Å². The first-order valence-corrected chi connectivity index (χ1v) is 6.97. The van der Waals surface area contributed by atoms with Crippen LogP contribution < -0.4 is 5.32 Å². The Hall–Kier alpha value is -0.370. The van der Waals surface area contributed by atoms with Crippen LogP contribution in [0.2, 0.25) is 0 Å². The molecule has 2 atom stereocenters. The van der Waals surface area contributed by atoms with Crippen LogP contribution in [0, 0.1) is 0 Å². The molecule has 0 bridgehead atoms. The maximum atomic E-state index is 11.8. The van der Waals surface area contributed by atoms with Crippen LogP contribution >= 0.6 is 12.4 Å². The first kappa shape index (κ1) is 14.7. The van der Waals surface area contributed by atoms with Crippen LogP contribution in [0.4, 0.5) is 0 Å². The summed E-state index contributed by atoms with van der Waals surface area (Å²) in [6.07, 6.45) is 2.22. The van der Waals surface area contributed by atoms with Crippen molar-refractivity contribution in [1.82, 2.24) is 9.62 Å². The summed E-state index contributed by atoms with van der Waals surface area (Å²) in [5, 5.41) is 10.8. The molecule has 100 valence electrons. The highest BCUT2D eigenvalue weighted by atomic mass is 35.5. The number of nitrogens with zero attached hydrogens (tertiary/aromatic N) is 1. The average molecular weight is 285 g/mol. The van der Waals surface area contributed by atoms with Gasteiger partial charge in [0.2, 0.25) is 10.0 Å². The van der Waals surface area contributed by atoms with Crippen LogP contribution in [0.3, 0.4) is 0 Å². The lowest BCUT2D eigenvalue weighted by molar-refractivity contribution is -0.136. The van der Waals surface area contributed by atoms with Crippen molar-refractivity contribution in [1.29, 1.82) is 0 Å². The minimum Gasteiger partial charge on any atom is -0.480 e. The predicted molar refractivity (Wildman–Crippen MR) is 64.8 cm³/mol. The van der Waals surface area contributed by atoms with Gasteiger partial charge in [0.1, 0.15) is 0 Å². The van der Waals surface area contributed by atoms with E-state index in [4.69, 9.17) is 5.11 Å². The van der Waals surface area contributed by atoms with E-state index in [1.165, 1.54) is 4.31 Å². The van der Waals surface area contributed by atoms with Crippen LogP contribution in [0.5, 0.6) is 0 Å². The molecule has 0 aromatic heterocycles. The number of sulfonamides is 1. The van der Waals surface area contributed by atoms with Gasteiger partial charge in [-0.1, -0.05) is 0 Å². The topological polar surface area (TPSA) is 86.7 Å². The van der Waals surface area contributed by atoms with Crippen molar-refractivity contribution < 1.29 is 18.3 Å². The Balaban J connectivity index is 0.00000144. The van der Waals surface area contributed by atoms with E-state index in [0.29, 0.717) is 13.1 Å². The molecule has 0 radical (unpaired) electrons. The first-order valence-electron chi connectivity index (χ1n) is 5.47. The number of halogens is 1. The fraction of sp³-hybridized carbons (Fsp3) is 0.889. The van der Waals surface area contributed by atoms with Gasteiger partial charge >= 0.3 is 5.97 Å². The minimum atomic E-state index is -3.62. The SMILES string of the molecule is Cl.O=C(O)C1CCN(C[C@H]2CCCN2)S1(=O)=O. The molecule has 2 heterocycles. The number of rotatable bonds is 3. The molecule has 1 unspecified atom stereocenters. The maximum absolute atomic E-state index is 11.8. The predicted octanol–water partition coefficient (Wildman–Crippen LogP) is -0.351. The standard InChI is InChI=1S/C9H16N2O4S.ClH/c12-9(13)8-3-5-11(16(8,14)15)6-7-2-1-4-10-7;/h7-8,10H,1-6H2,(H,12,13);1H/t7-,8?;/m1./s1. The van der Waals surface area contributed by atoms with E-state index in [9.17, 15) is 13.2 Å². The molecule has 0 aliphatic carbocycles. The van der Waals surface area contributed by atoms with Gasteiger partial charge in [0, 0.05) is 19.1 Å². The molecule has 0 saturated carbocycles. The van der Waals surface area contributed by atoms with Crippen molar-refractivity contribution >= 4 is 28.4 Å². The highest BCUT2D eigenvalue weighted by Gasteiger charge is 2.44. The number of carboxylic acid groups (broad SMARTS) is 1. The lowest BCUT2D eigenvalue weighted by atomic mass is 10.2. The van der Waals surface area contributed by atoms with E-state index < -0.39 is 21.2 Å². The molecular formula is C9H17ClN2O4S. The second-order valence-electron chi connectivity index (χ2n) is 4.31. The van der Waals surface area contributed by atoms with Crippen molar-refractivity contribution in [3.63, 3.8) is 0 Å². The van der Waals surface area contributed by atoms with Crippen molar-refractivity contribution in [3.05, 3.63) is 0 Å². The number of carbonyl (C=O) groups is 1. The first-order chi connectivity index (χ1) is 7.51. The van der Waals surface area contributed by atoms with E-state index in [2.05, 4.69) is 5.32 Å². The lowest BCUT2D eigenvalue weighted by Gasteiger charge is -2.19. The van der Waals surface area contributed by atoms with Gasteiger partial charge in [0.25, 0.3) is 0 Å². The van der Waals surface area contributed by atoms with E-state index in [0.717, 1.165) is 19.4 Å². The van der Waals surface area contributed by atoms with Gasteiger partial charge in [-0.2, -0.15) is 4.31 Å². The van der Waals surface area contributed by atoms with Crippen molar-refractivity contribution in [2.75, 3.05) is 19.6 Å². The Labute approximate surface area is 107 Å². The third kappa shape index (κ3) is 2.90. The summed E-state index contributed by atoms with van der Waals surface area (Å²) in [4.78, 5) is 10.8. The quantitative estimate of drug-likeness (QED) is 0.740. The average Bonchev–Trinajstić information content (AvgIpc) is 2.76. The summed E-state index contributed by atoms with van der Waals surface area (Å²) in [6.45, 7) is 1.66. The zero-order chi connectivity index (χ0) is 11.8. The number of nitrogens with one attached hydrogen (secondary N) is 1. The van der Waals surface area contributed by atoms with Gasteiger partial charge in [-0.25, -0.2) is 8.42 Å². The summed E-state index contributed by atoms with van der Waals surface area (Å²) in [6, 6.07) is 0.183. The molecule has 0 aromatic carbocycles. The van der Waals surface area contributed by atoms with Gasteiger partial charge in [0.05, 0.1) is 0 Å². The zero-order valence-electron chi connectivity index (χ0n) is 9.33. The van der Waals surface area contributed by atoms with Crippen molar-refractivity contribution in [3.8, 4) is 0 Å². The largest absolute Gasteiger partial charge is 0.480 e. The van der Waals surface area contributed by atoms with Gasteiger partial charge in [-0.15, -0.1) is 12.4 Å². The molecule has 6 nitrogen and oxygen atoms in total. The summed E-state index contributed by atoms with van der Waals surface area (Å²) in [7, 11) is -3.62. The zero-order valence-corrected chi connectivity index (χ0v) is 11.0. The summed E-state index contributed by atoms with van der Waals surface area (Å²) in [5.41, 5.74) is 0. The number of carboxylic acids is 1. The normalized spacial score (nSPS) is 32.2. The highest BCUT2D eigenvalue weighted by molar-refractivity contribution is 7.90. The third-order valence-electron chi connectivity index (χ3n) is 3.22. The Morgan fingerprint density at radius 1 is 1.41 bits per heavy atom. The monoisotopic (exact) mass is 284 g/mol. The molecular weight excluding hydrogens is 268 g/mol. The van der Waals surface area contributed by atoms with Crippen LogP contribution in [0.15, 0.2) is 0 Å². The third-order valence-corrected chi connectivity index (χ3v) is 5.43. The van der Waals surface area contributed by atoms with Gasteiger partial charge < -0.3 is 10.4 Å². The molecule has 0 spiro atoms. The maximum Gasteiger partial charge on any atom is 0.323 e. The van der Waals surface area contributed by atoms with E-state index in [-0.39, 0.29) is 24.9 Å². The summed E-state index contributed by atoms with van der Waals surface area (Å²) in [5.74, 6) is -1.23. The molecule has 8 heteroatoms. The van der Waals surface area contributed by atoms with Crippen molar-refractivity contribution in [2.24, 2.45) is 0 Å². The molecule has 0 aromatic rings. The van der Waals surface area contributed by atoms with E-state index in [1.807, 2.05) is 0 Å². The molecule has 2 aliphatic rings. The Morgan fingerprint density at radius 2 is 2.12 bits per heavy atom. The Morgan fingerprint density at radius 3 is 2.59 bits per heavy atom. The van der Waals surface area contributed by atoms with Crippen LogP contribution in [0.25, 0.3) is 0 Å². The molecule has 17 heavy (non-hydrogen) atoms. The van der Waals surface area contributed by atoms with Crippen molar-refractivity contribution in [2.45, 2.75) is 30.6 Å². The molecule has 2 aliphatic heterocycles. The fourth-order valence-corrected chi connectivity index (χ4v) is 4.09. The van der Waals surface area contributed by atoms with Crippen LogP contribution in [-0.4, -0.2) is 54.7 Å². The molecule has 2 fully saturated rings. The van der Waals surface area contributed by atoms with Crippen LogP contribution in [0.1, 0.15) is 19.3 Å². The van der Waals surface area contributed by atoms with E-state index >= 15 is 0 Å². The lowest BCUT2D eigenvalue weighted by Crippen LogP contribution is -2.40. The molecule has 2 N–H and O–H groups in total. The van der Waals surface area contributed by atoms with E-state index in [1.54, 1.807) is 0 Å². The minimum absolute atomic E-state index is 0. The molecule has 2 rings (SSSR count). The molecule has 0 amide bonds. The highest BCUT2D eigenvalue weighted by Crippen LogP contribution is 2.23. The smallest absolute Gasteiger partial charge is 0.323 e. The Bertz CT molecular complexity index is 380. The summed E-state index contributed by atoms with van der Waals surface area (Å²) < 4.78 is 25.0. The second-order valence-corrected chi connectivity index (χ2v) is 6.43. The van der Waals surface area contributed by atoms with Gasteiger partial charge in [-0.05, 0) is 25.8 Å². The van der Waals surface area contributed by atoms with Gasteiger partial charge in [0.15, 0.2) is 5.25 Å². The number of aliphatic carboxylic acids is 1. The number of hydrogen-bond donors (Lipinski definition) is 2.